The van der Waals surface area contributed by atoms with Gasteiger partial charge in [-0.15, -0.1) is 0 Å². The topological polar surface area (TPSA) is 67.4 Å². The molecule has 0 aliphatic carbocycles. The van der Waals surface area contributed by atoms with E-state index in [0.717, 1.165) is 18.0 Å². The summed E-state index contributed by atoms with van der Waals surface area (Å²) in [6.45, 7) is 4.55. The largest absolute Gasteiger partial charge is 0.497 e. The van der Waals surface area contributed by atoms with Crippen LogP contribution in [0.5, 0.6) is 5.75 Å². The Bertz CT molecular complexity index is 911. The second-order valence-corrected chi connectivity index (χ2v) is 5.92. The van der Waals surface area contributed by atoms with Gasteiger partial charge in [-0.3, -0.25) is 4.79 Å². The van der Waals surface area contributed by atoms with Crippen molar-refractivity contribution < 1.29 is 9.53 Å². The molecule has 3 rings (SSSR count). The summed E-state index contributed by atoms with van der Waals surface area (Å²) >= 11 is 0. The standard InChI is InChI=1S/C21H22N4O2/c1-4-25(17-8-6-5-7-9-17)20-14-19(22-15(2)23-20)21(26)24-16-10-12-18(27-3)13-11-16/h5-14H,4H2,1-3H3,(H,24,26). The molecule has 0 aliphatic heterocycles. The summed E-state index contributed by atoms with van der Waals surface area (Å²) in [5.41, 5.74) is 2.01. The molecule has 0 fully saturated rings. The lowest BCUT2D eigenvalue weighted by Crippen LogP contribution is -2.21. The van der Waals surface area contributed by atoms with Crippen molar-refractivity contribution in [3.63, 3.8) is 0 Å². The monoisotopic (exact) mass is 362 g/mol. The lowest BCUT2D eigenvalue weighted by Gasteiger charge is -2.22. The third-order valence-electron chi connectivity index (χ3n) is 4.07. The van der Waals surface area contributed by atoms with Gasteiger partial charge in [-0.25, -0.2) is 9.97 Å². The quantitative estimate of drug-likeness (QED) is 0.712. The molecule has 0 radical (unpaired) electrons. The van der Waals surface area contributed by atoms with E-state index in [1.165, 1.54) is 0 Å². The first-order valence-electron chi connectivity index (χ1n) is 8.74. The number of methoxy groups -OCH3 is 1. The SMILES string of the molecule is CCN(c1ccccc1)c1cc(C(=O)Nc2ccc(OC)cc2)nc(C)n1. The van der Waals surface area contributed by atoms with E-state index >= 15 is 0 Å². The number of nitrogens with one attached hydrogen (secondary N) is 1. The number of aryl methyl sites for hydroxylation is 1. The van der Waals surface area contributed by atoms with Crippen LogP contribution in [0.15, 0.2) is 60.7 Å². The van der Waals surface area contributed by atoms with E-state index in [0.29, 0.717) is 23.0 Å². The summed E-state index contributed by atoms with van der Waals surface area (Å²) in [6.07, 6.45) is 0. The molecular weight excluding hydrogens is 340 g/mol. The van der Waals surface area contributed by atoms with E-state index in [-0.39, 0.29) is 5.91 Å². The summed E-state index contributed by atoms with van der Waals surface area (Å²) in [4.78, 5) is 23.5. The number of carbonyl (C=O) groups is 1. The van der Waals surface area contributed by atoms with Gasteiger partial charge in [-0.1, -0.05) is 18.2 Å². The zero-order chi connectivity index (χ0) is 19.2. The molecule has 3 aromatic rings. The fourth-order valence-electron chi connectivity index (χ4n) is 2.76. The Hall–Kier alpha value is -3.41. The van der Waals surface area contributed by atoms with Crippen molar-refractivity contribution in [2.45, 2.75) is 13.8 Å². The van der Waals surface area contributed by atoms with Crippen molar-refractivity contribution >= 4 is 23.1 Å². The lowest BCUT2D eigenvalue weighted by molar-refractivity contribution is 0.102. The van der Waals surface area contributed by atoms with Crippen LogP contribution in [-0.2, 0) is 0 Å². The number of para-hydroxylation sites is 1. The van der Waals surface area contributed by atoms with Crippen molar-refractivity contribution in [2.24, 2.45) is 0 Å². The van der Waals surface area contributed by atoms with Gasteiger partial charge in [0.15, 0.2) is 0 Å². The molecule has 1 aromatic heterocycles. The van der Waals surface area contributed by atoms with Crippen LogP contribution in [0.4, 0.5) is 17.2 Å². The molecule has 1 heterocycles. The maximum Gasteiger partial charge on any atom is 0.274 e. The zero-order valence-corrected chi connectivity index (χ0v) is 15.6. The van der Waals surface area contributed by atoms with Crippen LogP contribution in [0.25, 0.3) is 0 Å². The minimum atomic E-state index is -0.281. The van der Waals surface area contributed by atoms with E-state index in [1.54, 1.807) is 44.4 Å². The van der Waals surface area contributed by atoms with Crippen LogP contribution in [-0.4, -0.2) is 29.5 Å². The van der Waals surface area contributed by atoms with Crippen LogP contribution >= 0.6 is 0 Å². The summed E-state index contributed by atoms with van der Waals surface area (Å²) in [6, 6.07) is 18.8. The highest BCUT2D eigenvalue weighted by atomic mass is 16.5. The van der Waals surface area contributed by atoms with Crippen LogP contribution in [0, 0.1) is 6.92 Å². The molecule has 0 saturated carbocycles. The predicted octanol–water partition coefficient (Wildman–Crippen LogP) is 4.20. The highest BCUT2D eigenvalue weighted by Gasteiger charge is 2.15. The van der Waals surface area contributed by atoms with Crippen LogP contribution in [0.2, 0.25) is 0 Å². The number of hydrogen-bond acceptors (Lipinski definition) is 5. The van der Waals surface area contributed by atoms with Gasteiger partial charge in [0, 0.05) is 24.0 Å². The summed E-state index contributed by atoms with van der Waals surface area (Å²) in [7, 11) is 1.60. The van der Waals surface area contributed by atoms with Gasteiger partial charge >= 0.3 is 0 Å². The molecular formula is C21H22N4O2. The van der Waals surface area contributed by atoms with Crippen molar-refractivity contribution in [3.05, 3.63) is 72.2 Å². The first-order chi connectivity index (χ1) is 13.1. The van der Waals surface area contributed by atoms with Crippen molar-refractivity contribution in [1.29, 1.82) is 0 Å². The Kier molecular flexibility index (Phi) is 5.66. The predicted molar refractivity (Wildman–Crippen MR) is 107 cm³/mol. The Morgan fingerprint density at radius 1 is 1.07 bits per heavy atom. The average molecular weight is 362 g/mol. The highest BCUT2D eigenvalue weighted by molar-refractivity contribution is 6.03. The second-order valence-electron chi connectivity index (χ2n) is 5.92. The van der Waals surface area contributed by atoms with Crippen LogP contribution in [0.3, 0.4) is 0 Å². The summed E-state index contributed by atoms with van der Waals surface area (Å²) < 4.78 is 5.13. The summed E-state index contributed by atoms with van der Waals surface area (Å²) in [5, 5.41) is 2.86. The molecule has 27 heavy (non-hydrogen) atoms. The van der Waals surface area contributed by atoms with Gasteiger partial charge in [0.2, 0.25) is 0 Å². The number of aromatic nitrogens is 2. The molecule has 0 bridgehead atoms. The maximum absolute atomic E-state index is 12.7. The number of nitrogens with zero attached hydrogens (tertiary/aromatic N) is 3. The van der Waals surface area contributed by atoms with E-state index in [9.17, 15) is 4.79 Å². The molecule has 0 saturated heterocycles. The van der Waals surface area contributed by atoms with E-state index in [1.807, 2.05) is 42.2 Å². The minimum absolute atomic E-state index is 0.281. The minimum Gasteiger partial charge on any atom is -0.497 e. The smallest absolute Gasteiger partial charge is 0.274 e. The maximum atomic E-state index is 12.7. The molecule has 2 aromatic carbocycles. The average Bonchev–Trinajstić information content (AvgIpc) is 2.69. The number of anilines is 3. The fourth-order valence-corrected chi connectivity index (χ4v) is 2.76. The number of carbonyl (C=O) groups excluding carboxylic acids is 1. The van der Waals surface area contributed by atoms with Crippen molar-refractivity contribution in [2.75, 3.05) is 23.9 Å². The number of hydrogen-bond donors (Lipinski definition) is 1. The molecule has 138 valence electrons. The van der Waals surface area contributed by atoms with Gasteiger partial charge in [0.1, 0.15) is 23.1 Å². The van der Waals surface area contributed by atoms with Gasteiger partial charge in [-0.05, 0) is 50.2 Å². The molecule has 1 amide bonds. The molecule has 6 nitrogen and oxygen atoms in total. The molecule has 6 heteroatoms. The Morgan fingerprint density at radius 2 is 1.78 bits per heavy atom. The van der Waals surface area contributed by atoms with E-state index in [4.69, 9.17) is 4.74 Å². The third kappa shape index (κ3) is 4.41. The number of ether oxygens (including phenoxy) is 1. The van der Waals surface area contributed by atoms with Gasteiger partial charge < -0.3 is 15.0 Å². The molecule has 0 atom stereocenters. The summed E-state index contributed by atoms with van der Waals surface area (Å²) in [5.74, 6) is 1.68. The number of rotatable bonds is 6. The number of benzene rings is 2. The molecule has 0 unspecified atom stereocenters. The van der Waals surface area contributed by atoms with E-state index in [2.05, 4.69) is 15.3 Å². The second kappa shape index (κ2) is 8.31. The van der Waals surface area contributed by atoms with Crippen LogP contribution < -0.4 is 15.0 Å². The molecule has 0 spiro atoms. The Labute approximate surface area is 158 Å². The highest BCUT2D eigenvalue weighted by Crippen LogP contribution is 2.24. The third-order valence-corrected chi connectivity index (χ3v) is 4.07. The van der Waals surface area contributed by atoms with Crippen molar-refractivity contribution in [3.8, 4) is 5.75 Å². The first kappa shape index (κ1) is 18.4. The lowest BCUT2D eigenvalue weighted by atomic mass is 10.2. The first-order valence-corrected chi connectivity index (χ1v) is 8.74. The zero-order valence-electron chi connectivity index (χ0n) is 15.6. The van der Waals surface area contributed by atoms with Gasteiger partial charge in [-0.2, -0.15) is 0 Å². The van der Waals surface area contributed by atoms with Gasteiger partial charge in [0.05, 0.1) is 7.11 Å². The normalized spacial score (nSPS) is 10.3. The Morgan fingerprint density at radius 3 is 2.41 bits per heavy atom. The Balaban J connectivity index is 1.86. The number of amides is 1. The molecule has 1 N–H and O–H groups in total. The fraction of sp³-hybridized carbons (Fsp3) is 0.190. The van der Waals surface area contributed by atoms with Crippen molar-refractivity contribution in [1.82, 2.24) is 9.97 Å². The molecule has 0 aliphatic rings. The van der Waals surface area contributed by atoms with Crippen LogP contribution in [0.1, 0.15) is 23.2 Å². The van der Waals surface area contributed by atoms with E-state index < -0.39 is 0 Å². The van der Waals surface area contributed by atoms with Gasteiger partial charge in [0.25, 0.3) is 5.91 Å².